The molecule has 1 aliphatic heterocycles. The van der Waals surface area contributed by atoms with Gasteiger partial charge < -0.3 is 15.1 Å². The molecule has 0 aliphatic carbocycles. The Morgan fingerprint density at radius 2 is 2.21 bits per heavy atom. The number of aliphatic carboxylic acids is 1. The van der Waals surface area contributed by atoms with Crippen molar-refractivity contribution in [3.8, 4) is 0 Å². The minimum absolute atomic E-state index is 0.0441. The number of aromatic nitrogens is 2. The molecule has 1 fully saturated rings. The van der Waals surface area contributed by atoms with Crippen molar-refractivity contribution in [3.05, 3.63) is 17.5 Å². The monoisotopic (exact) mass is 267 g/mol. The van der Waals surface area contributed by atoms with E-state index < -0.39 is 24.0 Å². The Hall–Kier alpha value is -1.89. The second kappa shape index (κ2) is 5.00. The van der Waals surface area contributed by atoms with Gasteiger partial charge in [0.15, 0.2) is 0 Å². The number of aryl methyl sites for hydroxylation is 2. The van der Waals surface area contributed by atoms with E-state index in [1.165, 1.54) is 9.58 Å². The minimum Gasteiger partial charge on any atom is -0.480 e. The third-order valence-corrected chi connectivity index (χ3v) is 3.34. The van der Waals surface area contributed by atoms with E-state index in [4.69, 9.17) is 5.11 Å². The van der Waals surface area contributed by atoms with Crippen LogP contribution in [0.15, 0.2) is 6.07 Å². The topological polar surface area (TPSA) is 95.7 Å². The first-order valence-corrected chi connectivity index (χ1v) is 6.18. The zero-order valence-electron chi connectivity index (χ0n) is 10.9. The molecule has 0 radical (unpaired) electrons. The van der Waals surface area contributed by atoms with Gasteiger partial charge in [0.1, 0.15) is 11.7 Å². The molecule has 0 saturated carbocycles. The summed E-state index contributed by atoms with van der Waals surface area (Å²) in [5, 5.41) is 22.8. The smallest absolute Gasteiger partial charge is 0.326 e. The van der Waals surface area contributed by atoms with Crippen LogP contribution in [0.5, 0.6) is 0 Å². The molecule has 2 atom stereocenters. The SMILES string of the molecule is CCc1cc(C(=O)N2C[C@H](O)C[C@@H]2C(=O)O)n(C)n1. The molecule has 104 valence electrons. The molecule has 0 unspecified atom stereocenters. The van der Waals surface area contributed by atoms with Crippen LogP contribution in [0, 0.1) is 0 Å². The van der Waals surface area contributed by atoms with Gasteiger partial charge >= 0.3 is 5.97 Å². The molecule has 1 aromatic rings. The van der Waals surface area contributed by atoms with Crippen LogP contribution in [0.25, 0.3) is 0 Å². The van der Waals surface area contributed by atoms with Gasteiger partial charge in [-0.25, -0.2) is 4.79 Å². The Morgan fingerprint density at radius 1 is 1.53 bits per heavy atom. The van der Waals surface area contributed by atoms with Gasteiger partial charge in [-0.15, -0.1) is 0 Å². The van der Waals surface area contributed by atoms with Crippen LogP contribution in [0.1, 0.15) is 29.5 Å². The number of hydrogen-bond donors (Lipinski definition) is 2. The molecular weight excluding hydrogens is 250 g/mol. The van der Waals surface area contributed by atoms with Crippen molar-refractivity contribution in [1.29, 1.82) is 0 Å². The Labute approximate surface area is 110 Å². The van der Waals surface area contributed by atoms with Crippen LogP contribution in [0.3, 0.4) is 0 Å². The normalized spacial score (nSPS) is 22.8. The zero-order valence-corrected chi connectivity index (χ0v) is 10.9. The van der Waals surface area contributed by atoms with Crippen molar-refractivity contribution in [1.82, 2.24) is 14.7 Å². The highest BCUT2D eigenvalue weighted by Gasteiger charge is 2.40. The quantitative estimate of drug-likeness (QED) is 0.780. The first kappa shape index (κ1) is 13.5. The third kappa shape index (κ3) is 2.46. The number of amides is 1. The van der Waals surface area contributed by atoms with E-state index >= 15 is 0 Å². The molecule has 2 heterocycles. The van der Waals surface area contributed by atoms with Crippen molar-refractivity contribution in [2.45, 2.75) is 31.9 Å². The van der Waals surface area contributed by atoms with Gasteiger partial charge in [0, 0.05) is 20.0 Å². The molecule has 1 saturated heterocycles. The average Bonchev–Trinajstić information content (AvgIpc) is 2.91. The van der Waals surface area contributed by atoms with E-state index in [-0.39, 0.29) is 13.0 Å². The summed E-state index contributed by atoms with van der Waals surface area (Å²) in [6, 6.07) is 0.689. The van der Waals surface area contributed by atoms with Gasteiger partial charge in [-0.3, -0.25) is 9.48 Å². The van der Waals surface area contributed by atoms with Gasteiger partial charge in [0.2, 0.25) is 0 Å². The standard InChI is InChI=1S/C12H17N3O4/c1-3-7-4-9(14(2)13-7)11(17)15-6-8(16)5-10(15)12(18)19/h4,8,10,16H,3,5-6H2,1-2H3,(H,18,19)/t8-,10-/m1/s1. The van der Waals surface area contributed by atoms with Crippen LogP contribution in [-0.2, 0) is 18.3 Å². The van der Waals surface area contributed by atoms with Crippen LogP contribution < -0.4 is 0 Å². The lowest BCUT2D eigenvalue weighted by Crippen LogP contribution is -2.41. The highest BCUT2D eigenvalue weighted by atomic mass is 16.4. The van der Waals surface area contributed by atoms with Crippen molar-refractivity contribution in [3.63, 3.8) is 0 Å². The summed E-state index contributed by atoms with van der Waals surface area (Å²) in [4.78, 5) is 24.7. The highest BCUT2D eigenvalue weighted by Crippen LogP contribution is 2.21. The minimum atomic E-state index is -1.09. The Morgan fingerprint density at radius 3 is 2.74 bits per heavy atom. The van der Waals surface area contributed by atoms with Gasteiger partial charge in [-0.2, -0.15) is 5.10 Å². The number of carbonyl (C=O) groups is 2. The fourth-order valence-corrected chi connectivity index (χ4v) is 2.32. The molecule has 7 nitrogen and oxygen atoms in total. The van der Waals surface area contributed by atoms with Gasteiger partial charge in [0.05, 0.1) is 11.8 Å². The highest BCUT2D eigenvalue weighted by molar-refractivity contribution is 5.95. The molecule has 2 rings (SSSR count). The Balaban J connectivity index is 2.27. The molecule has 0 aromatic carbocycles. The number of likely N-dealkylation sites (tertiary alicyclic amines) is 1. The number of carboxylic acids is 1. The van der Waals surface area contributed by atoms with Crippen LogP contribution >= 0.6 is 0 Å². The largest absolute Gasteiger partial charge is 0.480 e. The molecule has 2 N–H and O–H groups in total. The number of β-amino-alcohol motifs (C(OH)–C–C–N with tert-alkyl or cyclic N) is 1. The molecule has 0 bridgehead atoms. The van der Waals surface area contributed by atoms with E-state index in [0.717, 1.165) is 5.69 Å². The summed E-state index contributed by atoms with van der Waals surface area (Å²) in [6.45, 7) is 1.97. The van der Waals surface area contributed by atoms with Gasteiger partial charge in [0.25, 0.3) is 5.91 Å². The van der Waals surface area contributed by atoms with E-state index in [1.54, 1.807) is 13.1 Å². The van der Waals surface area contributed by atoms with E-state index in [9.17, 15) is 14.7 Å². The first-order valence-electron chi connectivity index (χ1n) is 6.18. The lowest BCUT2D eigenvalue weighted by Gasteiger charge is -2.20. The summed E-state index contributed by atoms with van der Waals surface area (Å²) in [6.07, 6.45) is -0.0185. The number of hydrogen-bond acceptors (Lipinski definition) is 4. The number of carbonyl (C=O) groups excluding carboxylic acids is 1. The molecule has 1 aromatic heterocycles. The van der Waals surface area contributed by atoms with Crippen molar-refractivity contribution in [2.75, 3.05) is 6.54 Å². The molecule has 0 spiro atoms. The first-order chi connectivity index (χ1) is 8.93. The second-order valence-corrected chi connectivity index (χ2v) is 4.70. The van der Waals surface area contributed by atoms with Gasteiger partial charge in [-0.1, -0.05) is 6.92 Å². The van der Waals surface area contributed by atoms with Crippen molar-refractivity contribution in [2.24, 2.45) is 7.05 Å². The zero-order chi connectivity index (χ0) is 14.2. The predicted octanol–water partition coefficient (Wildman–Crippen LogP) is -0.357. The fourth-order valence-electron chi connectivity index (χ4n) is 2.32. The third-order valence-electron chi connectivity index (χ3n) is 3.34. The molecular formula is C12H17N3O4. The van der Waals surface area contributed by atoms with Crippen LogP contribution in [-0.4, -0.2) is 55.5 Å². The molecule has 1 aliphatic rings. The molecule has 19 heavy (non-hydrogen) atoms. The number of rotatable bonds is 3. The van der Waals surface area contributed by atoms with Crippen LogP contribution in [0.4, 0.5) is 0 Å². The van der Waals surface area contributed by atoms with Crippen molar-refractivity contribution >= 4 is 11.9 Å². The Kier molecular flexibility index (Phi) is 3.57. The maximum atomic E-state index is 12.3. The summed E-state index contributed by atoms with van der Waals surface area (Å²) >= 11 is 0. The number of aliphatic hydroxyl groups is 1. The van der Waals surface area contributed by atoms with Crippen molar-refractivity contribution < 1.29 is 19.8 Å². The van der Waals surface area contributed by atoms with E-state index in [1.807, 2.05) is 6.92 Å². The molecule has 1 amide bonds. The van der Waals surface area contributed by atoms with E-state index in [0.29, 0.717) is 12.1 Å². The average molecular weight is 267 g/mol. The summed E-state index contributed by atoms with van der Waals surface area (Å²) in [5.41, 5.74) is 1.12. The maximum absolute atomic E-state index is 12.3. The predicted molar refractivity (Wildman–Crippen MR) is 65.7 cm³/mol. The maximum Gasteiger partial charge on any atom is 0.326 e. The van der Waals surface area contributed by atoms with E-state index in [2.05, 4.69) is 5.10 Å². The van der Waals surface area contributed by atoms with Crippen LogP contribution in [0.2, 0.25) is 0 Å². The second-order valence-electron chi connectivity index (χ2n) is 4.70. The Bertz CT molecular complexity index is 511. The number of nitrogens with zero attached hydrogens (tertiary/aromatic N) is 3. The number of carboxylic acid groups (broad SMARTS) is 1. The summed E-state index contributed by atoms with van der Waals surface area (Å²) < 4.78 is 1.45. The van der Waals surface area contributed by atoms with Gasteiger partial charge in [-0.05, 0) is 12.5 Å². The summed E-state index contributed by atoms with van der Waals surface area (Å²) in [5.74, 6) is -1.50. The number of aliphatic hydroxyl groups excluding tert-OH is 1. The lowest BCUT2D eigenvalue weighted by molar-refractivity contribution is -0.141. The molecule has 7 heteroatoms. The summed E-state index contributed by atoms with van der Waals surface area (Å²) in [7, 11) is 1.65. The lowest BCUT2D eigenvalue weighted by atomic mass is 10.2. The fraction of sp³-hybridized carbons (Fsp3) is 0.583.